The number of amides is 1. The van der Waals surface area contributed by atoms with Gasteiger partial charge in [0.25, 0.3) is 5.91 Å². The maximum atomic E-state index is 13.7. The average molecular weight is 478 g/mol. The van der Waals surface area contributed by atoms with Gasteiger partial charge < -0.3 is 19.1 Å². The summed E-state index contributed by atoms with van der Waals surface area (Å²) in [6, 6.07) is 17.3. The Morgan fingerprint density at radius 3 is 2.20 bits per heavy atom. The Labute approximate surface area is 206 Å². The van der Waals surface area contributed by atoms with E-state index in [2.05, 4.69) is 20.8 Å². The van der Waals surface area contributed by atoms with Gasteiger partial charge in [-0.25, -0.2) is 4.39 Å². The summed E-state index contributed by atoms with van der Waals surface area (Å²) in [5.74, 6) is 1.41. The molecule has 3 aromatic rings. The summed E-state index contributed by atoms with van der Waals surface area (Å²) in [5.41, 5.74) is 3.85. The molecule has 0 bridgehead atoms. The summed E-state index contributed by atoms with van der Waals surface area (Å²) < 4.78 is 30.4. The second kappa shape index (κ2) is 9.98. The van der Waals surface area contributed by atoms with E-state index < -0.39 is 0 Å². The average Bonchev–Trinajstić information content (AvgIpc) is 2.86. The summed E-state index contributed by atoms with van der Waals surface area (Å²) in [6.07, 6.45) is 0.689. The molecule has 5 nitrogen and oxygen atoms in total. The Hall–Kier alpha value is -3.54. The van der Waals surface area contributed by atoms with Crippen molar-refractivity contribution in [1.82, 2.24) is 4.90 Å². The monoisotopic (exact) mass is 477 g/mol. The summed E-state index contributed by atoms with van der Waals surface area (Å²) in [6.45, 7) is 7.21. The molecule has 1 aliphatic heterocycles. The fourth-order valence-electron chi connectivity index (χ4n) is 4.44. The van der Waals surface area contributed by atoms with Crippen LogP contribution in [-0.2, 0) is 11.8 Å². The minimum Gasteiger partial charge on any atom is -0.493 e. The second-order valence-corrected chi connectivity index (χ2v) is 9.76. The van der Waals surface area contributed by atoms with Gasteiger partial charge >= 0.3 is 0 Å². The van der Waals surface area contributed by atoms with Crippen LogP contribution in [0.2, 0.25) is 0 Å². The Balaban J connectivity index is 1.68. The van der Waals surface area contributed by atoms with Crippen molar-refractivity contribution in [2.24, 2.45) is 0 Å². The molecule has 184 valence electrons. The van der Waals surface area contributed by atoms with Gasteiger partial charge in [-0.2, -0.15) is 0 Å². The van der Waals surface area contributed by atoms with Gasteiger partial charge in [-0.3, -0.25) is 4.79 Å². The summed E-state index contributed by atoms with van der Waals surface area (Å²) >= 11 is 0. The van der Waals surface area contributed by atoms with Crippen molar-refractivity contribution in [3.05, 3.63) is 88.7 Å². The maximum absolute atomic E-state index is 13.7. The molecule has 3 aromatic carbocycles. The van der Waals surface area contributed by atoms with Crippen molar-refractivity contribution in [1.29, 1.82) is 0 Å². The van der Waals surface area contributed by atoms with Gasteiger partial charge in [-0.05, 0) is 77.1 Å². The lowest BCUT2D eigenvalue weighted by atomic mass is 9.86. The van der Waals surface area contributed by atoms with Gasteiger partial charge in [0.15, 0.2) is 11.5 Å². The fraction of sp³-hybridized carbons (Fsp3) is 0.345. The van der Waals surface area contributed by atoms with Crippen molar-refractivity contribution in [3.63, 3.8) is 0 Å². The smallest absolute Gasteiger partial charge is 0.254 e. The first kappa shape index (κ1) is 24.6. The summed E-state index contributed by atoms with van der Waals surface area (Å²) in [7, 11) is 3.20. The molecule has 1 aliphatic rings. The standard InChI is InChI=1S/C29H32FNO4/c1-29(2,3)21-8-6-19(7-9-21)28(32)31-15-14-20-16-26(33-4)27(34-5)17-24(20)25(31)18-35-23-12-10-22(30)11-13-23/h6-13,16-17,25H,14-15,18H2,1-5H3. The maximum Gasteiger partial charge on any atom is 0.254 e. The Bertz CT molecular complexity index is 1180. The van der Waals surface area contributed by atoms with Gasteiger partial charge in [0.05, 0.1) is 20.3 Å². The number of ether oxygens (including phenoxy) is 3. The molecule has 0 aromatic heterocycles. The Morgan fingerprint density at radius 1 is 0.971 bits per heavy atom. The lowest BCUT2D eigenvalue weighted by Gasteiger charge is -2.37. The molecule has 0 radical (unpaired) electrons. The number of hydrogen-bond donors (Lipinski definition) is 0. The normalized spacial score (nSPS) is 15.4. The molecular formula is C29H32FNO4. The molecule has 0 N–H and O–H groups in total. The van der Waals surface area contributed by atoms with Gasteiger partial charge in [0, 0.05) is 12.1 Å². The van der Waals surface area contributed by atoms with E-state index in [1.165, 1.54) is 17.7 Å². The topological polar surface area (TPSA) is 48.0 Å². The first-order valence-electron chi connectivity index (χ1n) is 11.8. The molecule has 1 amide bonds. The van der Waals surface area contributed by atoms with Crippen LogP contribution in [0.25, 0.3) is 0 Å². The molecule has 0 aliphatic carbocycles. The largest absolute Gasteiger partial charge is 0.493 e. The third kappa shape index (κ3) is 5.26. The first-order valence-corrected chi connectivity index (χ1v) is 11.8. The lowest BCUT2D eigenvalue weighted by Crippen LogP contribution is -2.42. The lowest BCUT2D eigenvalue weighted by molar-refractivity contribution is 0.0589. The molecule has 0 spiro atoms. The molecule has 0 saturated carbocycles. The van der Waals surface area contributed by atoms with Gasteiger partial charge in [0.2, 0.25) is 0 Å². The predicted octanol–water partition coefficient (Wildman–Crippen LogP) is 5.96. The fourth-order valence-corrected chi connectivity index (χ4v) is 4.44. The summed E-state index contributed by atoms with van der Waals surface area (Å²) in [4.78, 5) is 15.5. The molecular weight excluding hydrogens is 445 g/mol. The van der Waals surface area contributed by atoms with E-state index in [1.54, 1.807) is 26.4 Å². The molecule has 4 rings (SSSR count). The van der Waals surface area contributed by atoms with Crippen LogP contribution in [0.1, 0.15) is 53.9 Å². The quantitative estimate of drug-likeness (QED) is 0.440. The number of hydrogen-bond acceptors (Lipinski definition) is 4. The predicted molar refractivity (Wildman–Crippen MR) is 134 cm³/mol. The van der Waals surface area contributed by atoms with Crippen molar-refractivity contribution in [2.75, 3.05) is 27.4 Å². The second-order valence-electron chi connectivity index (χ2n) is 9.76. The minimum absolute atomic E-state index is 0.00673. The van der Waals surface area contributed by atoms with E-state index in [0.717, 1.165) is 11.1 Å². The van der Waals surface area contributed by atoms with Crippen molar-refractivity contribution >= 4 is 5.91 Å². The number of benzene rings is 3. The summed E-state index contributed by atoms with van der Waals surface area (Å²) in [5, 5.41) is 0. The van der Waals surface area contributed by atoms with Gasteiger partial charge in [0.1, 0.15) is 18.2 Å². The number of nitrogens with zero attached hydrogens (tertiary/aromatic N) is 1. The van der Waals surface area contributed by atoms with Crippen LogP contribution in [0.4, 0.5) is 4.39 Å². The molecule has 6 heteroatoms. The first-order chi connectivity index (χ1) is 16.7. The SMILES string of the molecule is COc1cc2c(cc1OC)C(COc1ccc(F)cc1)N(C(=O)c1ccc(C(C)(C)C)cc1)CC2. The molecule has 1 unspecified atom stereocenters. The zero-order valence-corrected chi connectivity index (χ0v) is 20.9. The number of rotatable bonds is 6. The van der Waals surface area contributed by atoms with Crippen molar-refractivity contribution in [3.8, 4) is 17.2 Å². The highest BCUT2D eigenvalue weighted by Crippen LogP contribution is 2.39. The van der Waals surface area contributed by atoms with E-state index >= 15 is 0 Å². The molecule has 0 saturated heterocycles. The minimum atomic E-state index is -0.349. The van der Waals surface area contributed by atoms with E-state index in [-0.39, 0.29) is 29.8 Å². The molecule has 35 heavy (non-hydrogen) atoms. The Morgan fingerprint density at radius 2 is 1.60 bits per heavy atom. The zero-order chi connectivity index (χ0) is 25.2. The number of carbonyl (C=O) groups is 1. The van der Waals surface area contributed by atoms with Crippen LogP contribution in [0.15, 0.2) is 60.7 Å². The molecule has 0 fully saturated rings. The van der Waals surface area contributed by atoms with E-state index in [4.69, 9.17) is 14.2 Å². The third-order valence-electron chi connectivity index (χ3n) is 6.48. The van der Waals surface area contributed by atoms with Crippen LogP contribution in [0.5, 0.6) is 17.2 Å². The number of carbonyl (C=O) groups excluding carboxylic acids is 1. The molecule has 1 heterocycles. The molecule has 1 atom stereocenters. The van der Waals surface area contributed by atoms with Crippen molar-refractivity contribution in [2.45, 2.75) is 38.6 Å². The number of halogens is 1. The third-order valence-corrected chi connectivity index (χ3v) is 6.48. The van der Waals surface area contributed by atoms with Crippen LogP contribution in [0, 0.1) is 5.82 Å². The van der Waals surface area contributed by atoms with Crippen molar-refractivity contribution < 1.29 is 23.4 Å². The highest BCUT2D eigenvalue weighted by Gasteiger charge is 2.33. The van der Waals surface area contributed by atoms with Gasteiger partial charge in [-0.1, -0.05) is 32.9 Å². The highest BCUT2D eigenvalue weighted by atomic mass is 19.1. The number of methoxy groups -OCH3 is 2. The van der Waals surface area contributed by atoms with E-state index in [9.17, 15) is 9.18 Å². The number of fused-ring (bicyclic) bond motifs is 1. The zero-order valence-electron chi connectivity index (χ0n) is 20.9. The van der Waals surface area contributed by atoms with Gasteiger partial charge in [-0.15, -0.1) is 0 Å². The van der Waals surface area contributed by atoms with Crippen LogP contribution >= 0.6 is 0 Å². The highest BCUT2D eigenvalue weighted by molar-refractivity contribution is 5.94. The van der Waals surface area contributed by atoms with Crippen LogP contribution in [-0.4, -0.2) is 38.2 Å². The van der Waals surface area contributed by atoms with Crippen LogP contribution < -0.4 is 14.2 Å². The Kier molecular flexibility index (Phi) is 7.01. The van der Waals surface area contributed by atoms with E-state index in [1.807, 2.05) is 41.3 Å². The van der Waals surface area contributed by atoms with E-state index in [0.29, 0.717) is 35.8 Å². The van der Waals surface area contributed by atoms with Crippen LogP contribution in [0.3, 0.4) is 0 Å².